The molecular formula is C22H34N4O. The number of nitrogens with two attached hydrogens (primary N) is 1. The van der Waals surface area contributed by atoms with Crippen LogP contribution < -0.4 is 16.0 Å². The van der Waals surface area contributed by atoms with Gasteiger partial charge < -0.3 is 20.9 Å². The number of hydrogen-bond donors (Lipinski definition) is 2. The Morgan fingerprint density at radius 1 is 1.11 bits per heavy atom. The van der Waals surface area contributed by atoms with Crippen LogP contribution in [-0.4, -0.2) is 49.6 Å². The number of para-hydroxylation sites is 2. The van der Waals surface area contributed by atoms with Crippen molar-refractivity contribution in [2.75, 3.05) is 42.9 Å². The van der Waals surface area contributed by atoms with Crippen molar-refractivity contribution in [2.24, 2.45) is 23.5 Å². The van der Waals surface area contributed by atoms with Gasteiger partial charge in [0.2, 0.25) is 5.91 Å². The van der Waals surface area contributed by atoms with E-state index in [1.807, 2.05) is 6.07 Å². The van der Waals surface area contributed by atoms with Crippen molar-refractivity contribution in [2.45, 2.75) is 45.1 Å². The molecule has 3 N–H and O–H groups in total. The molecule has 1 aromatic rings. The van der Waals surface area contributed by atoms with Gasteiger partial charge >= 0.3 is 0 Å². The molecule has 5 nitrogen and oxygen atoms in total. The second kappa shape index (κ2) is 8.19. The summed E-state index contributed by atoms with van der Waals surface area (Å²) in [5, 5.41) is 3.27. The number of benzene rings is 1. The molecule has 4 rings (SSSR count). The molecule has 2 unspecified atom stereocenters. The van der Waals surface area contributed by atoms with Gasteiger partial charge in [0.15, 0.2) is 0 Å². The van der Waals surface area contributed by atoms with Gasteiger partial charge in [-0.3, -0.25) is 4.79 Å². The van der Waals surface area contributed by atoms with E-state index in [1.54, 1.807) is 0 Å². The van der Waals surface area contributed by atoms with Crippen LogP contribution in [0.15, 0.2) is 24.3 Å². The Balaban J connectivity index is 1.43. The Hall–Kier alpha value is -1.59. The summed E-state index contributed by atoms with van der Waals surface area (Å²) in [6.45, 7) is 7.53. The Morgan fingerprint density at radius 3 is 2.44 bits per heavy atom. The average Bonchev–Trinajstić information content (AvgIpc) is 2.68. The summed E-state index contributed by atoms with van der Waals surface area (Å²) in [6, 6.07) is 8.59. The molecule has 1 saturated heterocycles. The number of amides is 1. The largest absolute Gasteiger partial charge is 0.367 e. The lowest BCUT2D eigenvalue weighted by Gasteiger charge is -2.43. The molecule has 5 heteroatoms. The third-order valence-electron chi connectivity index (χ3n) is 7.11. The number of anilines is 2. The van der Waals surface area contributed by atoms with Crippen LogP contribution in [-0.2, 0) is 4.79 Å². The second-order valence-electron chi connectivity index (χ2n) is 8.62. The number of carbonyl (C=O) groups excluding carboxylic acids is 1. The van der Waals surface area contributed by atoms with Gasteiger partial charge in [-0.2, -0.15) is 0 Å². The molecule has 1 amide bonds. The minimum atomic E-state index is 0.116. The lowest BCUT2D eigenvalue weighted by Crippen LogP contribution is -2.48. The van der Waals surface area contributed by atoms with Crippen LogP contribution in [0.25, 0.3) is 0 Å². The van der Waals surface area contributed by atoms with Gasteiger partial charge in [0, 0.05) is 38.1 Å². The fourth-order valence-electron chi connectivity index (χ4n) is 5.40. The van der Waals surface area contributed by atoms with E-state index in [0.717, 1.165) is 56.9 Å². The van der Waals surface area contributed by atoms with Crippen LogP contribution in [0.1, 0.15) is 39.0 Å². The summed E-state index contributed by atoms with van der Waals surface area (Å²) in [5.41, 5.74) is 8.53. The summed E-state index contributed by atoms with van der Waals surface area (Å²) >= 11 is 0. The predicted octanol–water partition coefficient (Wildman–Crippen LogP) is 2.92. The Labute approximate surface area is 163 Å². The molecule has 0 radical (unpaired) electrons. The van der Waals surface area contributed by atoms with Crippen LogP contribution in [0.4, 0.5) is 11.4 Å². The van der Waals surface area contributed by atoms with Gasteiger partial charge in [0.05, 0.1) is 11.4 Å². The predicted molar refractivity (Wildman–Crippen MR) is 111 cm³/mol. The van der Waals surface area contributed by atoms with E-state index in [9.17, 15) is 4.79 Å². The van der Waals surface area contributed by atoms with Crippen molar-refractivity contribution in [1.29, 1.82) is 0 Å². The zero-order valence-corrected chi connectivity index (χ0v) is 16.6. The molecule has 2 aliphatic carbocycles. The highest BCUT2D eigenvalue weighted by Gasteiger charge is 2.40. The Morgan fingerprint density at radius 2 is 1.78 bits per heavy atom. The van der Waals surface area contributed by atoms with Crippen LogP contribution in [0.2, 0.25) is 0 Å². The van der Waals surface area contributed by atoms with Crippen LogP contribution in [0.3, 0.4) is 0 Å². The number of fused-ring (bicyclic) bond motifs is 2. The molecule has 2 saturated carbocycles. The van der Waals surface area contributed by atoms with E-state index in [4.69, 9.17) is 5.73 Å². The zero-order valence-electron chi connectivity index (χ0n) is 16.6. The topological polar surface area (TPSA) is 61.6 Å². The first-order chi connectivity index (χ1) is 13.2. The van der Waals surface area contributed by atoms with Gasteiger partial charge in [0.1, 0.15) is 0 Å². The smallest absolute Gasteiger partial charge is 0.227 e. The molecule has 3 aliphatic rings. The lowest BCUT2D eigenvalue weighted by atomic mass is 9.65. The average molecular weight is 371 g/mol. The number of nitrogens with one attached hydrogen (secondary N) is 1. The summed E-state index contributed by atoms with van der Waals surface area (Å²) in [5.74, 6) is 1.37. The summed E-state index contributed by atoms with van der Waals surface area (Å²) in [4.78, 5) is 17.9. The van der Waals surface area contributed by atoms with E-state index in [-0.39, 0.29) is 11.8 Å². The van der Waals surface area contributed by atoms with E-state index >= 15 is 0 Å². The number of hydrogen-bond acceptors (Lipinski definition) is 4. The molecule has 148 valence electrons. The van der Waals surface area contributed by atoms with Gasteiger partial charge in [0.25, 0.3) is 0 Å². The van der Waals surface area contributed by atoms with Crippen molar-refractivity contribution < 1.29 is 4.79 Å². The van der Waals surface area contributed by atoms with Crippen molar-refractivity contribution in [3.05, 3.63) is 24.3 Å². The maximum atomic E-state index is 13.1. The monoisotopic (exact) mass is 370 g/mol. The van der Waals surface area contributed by atoms with Crippen molar-refractivity contribution in [1.82, 2.24) is 4.90 Å². The highest BCUT2D eigenvalue weighted by Crippen LogP contribution is 2.42. The normalized spacial score (nSPS) is 31.6. The molecule has 2 atom stereocenters. The molecule has 3 fully saturated rings. The number of rotatable bonds is 4. The number of nitrogens with zero attached hydrogens (tertiary/aromatic N) is 2. The maximum Gasteiger partial charge on any atom is 0.227 e. The molecule has 0 aromatic heterocycles. The van der Waals surface area contributed by atoms with E-state index in [1.165, 1.54) is 19.3 Å². The van der Waals surface area contributed by atoms with Crippen LogP contribution in [0, 0.1) is 17.8 Å². The first-order valence-corrected chi connectivity index (χ1v) is 10.8. The molecule has 1 heterocycles. The molecular weight excluding hydrogens is 336 g/mol. The highest BCUT2D eigenvalue weighted by atomic mass is 16.1. The van der Waals surface area contributed by atoms with Gasteiger partial charge in [-0.15, -0.1) is 0 Å². The summed E-state index contributed by atoms with van der Waals surface area (Å²) in [6.07, 6.45) is 5.59. The van der Waals surface area contributed by atoms with Crippen molar-refractivity contribution in [3.8, 4) is 0 Å². The summed E-state index contributed by atoms with van der Waals surface area (Å²) < 4.78 is 0. The van der Waals surface area contributed by atoms with Crippen LogP contribution >= 0.6 is 0 Å². The third kappa shape index (κ3) is 3.99. The fourth-order valence-corrected chi connectivity index (χ4v) is 5.40. The quantitative estimate of drug-likeness (QED) is 0.855. The number of likely N-dealkylation sites (N-methyl/N-ethyl adjacent to an activating group) is 1. The minimum absolute atomic E-state index is 0.116. The van der Waals surface area contributed by atoms with Gasteiger partial charge in [-0.05, 0) is 56.2 Å². The zero-order chi connectivity index (χ0) is 18.8. The first kappa shape index (κ1) is 18.8. The maximum absolute atomic E-state index is 13.1. The van der Waals surface area contributed by atoms with Gasteiger partial charge in [-0.1, -0.05) is 25.5 Å². The number of piperazine rings is 1. The third-order valence-corrected chi connectivity index (χ3v) is 7.11. The molecule has 27 heavy (non-hydrogen) atoms. The number of carbonyl (C=O) groups is 1. The Kier molecular flexibility index (Phi) is 5.69. The molecule has 2 bridgehead atoms. The van der Waals surface area contributed by atoms with Crippen molar-refractivity contribution >= 4 is 17.3 Å². The second-order valence-corrected chi connectivity index (χ2v) is 8.62. The van der Waals surface area contributed by atoms with Gasteiger partial charge in [-0.25, -0.2) is 0 Å². The molecule has 1 aliphatic heterocycles. The van der Waals surface area contributed by atoms with E-state index < -0.39 is 0 Å². The van der Waals surface area contributed by atoms with Crippen LogP contribution in [0.5, 0.6) is 0 Å². The SMILES string of the molecule is CCN1CCN(c2ccccc2NC(=O)C2CC3CCCC(C2)C3N)CC1. The minimum Gasteiger partial charge on any atom is -0.367 e. The van der Waals surface area contributed by atoms with E-state index in [0.29, 0.717) is 17.9 Å². The van der Waals surface area contributed by atoms with Crippen molar-refractivity contribution in [3.63, 3.8) is 0 Å². The fraction of sp³-hybridized carbons (Fsp3) is 0.682. The standard InChI is InChI=1S/C22H34N4O/c1-2-25-10-12-26(13-11-25)20-9-4-3-8-19(20)24-22(27)18-14-16-6-5-7-17(15-18)21(16)23/h3-4,8-9,16-18,21H,2,5-7,10-15,23H2,1H3,(H,24,27). The first-order valence-electron chi connectivity index (χ1n) is 10.8. The molecule has 1 aromatic carbocycles. The highest BCUT2D eigenvalue weighted by molar-refractivity contribution is 5.96. The van der Waals surface area contributed by atoms with E-state index in [2.05, 4.69) is 40.2 Å². The lowest BCUT2D eigenvalue weighted by molar-refractivity contribution is -0.122. The summed E-state index contributed by atoms with van der Waals surface area (Å²) in [7, 11) is 0. The Bertz CT molecular complexity index is 641. The molecule has 0 spiro atoms.